The van der Waals surface area contributed by atoms with E-state index in [1.165, 1.54) is 0 Å². The maximum Gasteiger partial charge on any atom is 0.150 e. The minimum atomic E-state index is -0.277. The summed E-state index contributed by atoms with van der Waals surface area (Å²) in [6.45, 7) is 0.500. The number of fused-ring (bicyclic) bond motifs is 1. The molecule has 3 atom stereocenters. The maximum atomic E-state index is 12.8. The molecular formula is C16H17BrClFN2O. The molecule has 2 aromatic rings. The van der Waals surface area contributed by atoms with Crippen molar-refractivity contribution in [1.82, 2.24) is 9.78 Å². The fourth-order valence-corrected chi connectivity index (χ4v) is 4.66. The van der Waals surface area contributed by atoms with Gasteiger partial charge in [-0.2, -0.15) is 5.10 Å². The van der Waals surface area contributed by atoms with Crippen molar-refractivity contribution < 1.29 is 9.13 Å². The Morgan fingerprint density at radius 2 is 2.32 bits per heavy atom. The van der Waals surface area contributed by atoms with Gasteiger partial charge in [0.05, 0.1) is 18.4 Å². The van der Waals surface area contributed by atoms with Gasteiger partial charge < -0.3 is 4.74 Å². The second-order valence-corrected chi connectivity index (χ2v) is 7.39. The summed E-state index contributed by atoms with van der Waals surface area (Å²) in [4.78, 5) is 0. The largest absolute Gasteiger partial charge is 0.356 e. The van der Waals surface area contributed by atoms with Gasteiger partial charge in [-0.15, -0.1) is 0 Å². The zero-order valence-electron chi connectivity index (χ0n) is 12.1. The summed E-state index contributed by atoms with van der Waals surface area (Å²) < 4.78 is 21.6. The van der Waals surface area contributed by atoms with Crippen molar-refractivity contribution in [3.05, 3.63) is 27.3 Å². The molecule has 1 aromatic carbocycles. The van der Waals surface area contributed by atoms with Crippen molar-refractivity contribution in [3.63, 3.8) is 0 Å². The van der Waals surface area contributed by atoms with Gasteiger partial charge in [0.25, 0.3) is 0 Å². The Morgan fingerprint density at radius 3 is 3.00 bits per heavy atom. The second kappa shape index (κ2) is 5.77. The lowest BCUT2D eigenvalue weighted by Gasteiger charge is -2.23. The monoisotopic (exact) mass is 386 g/mol. The molecule has 1 aliphatic carbocycles. The highest BCUT2D eigenvalue weighted by atomic mass is 79.9. The first-order chi connectivity index (χ1) is 10.7. The minimum absolute atomic E-state index is 0.0143. The van der Waals surface area contributed by atoms with Crippen LogP contribution in [0.15, 0.2) is 16.7 Å². The molecule has 1 aromatic heterocycles. The van der Waals surface area contributed by atoms with Gasteiger partial charge >= 0.3 is 0 Å². The predicted octanol–water partition coefficient (Wildman–Crippen LogP) is 5.22. The van der Waals surface area contributed by atoms with Crippen LogP contribution in [0.3, 0.4) is 0 Å². The molecule has 2 fully saturated rings. The topological polar surface area (TPSA) is 27.1 Å². The number of benzene rings is 1. The zero-order chi connectivity index (χ0) is 15.3. The molecule has 4 rings (SSSR count). The van der Waals surface area contributed by atoms with Crippen molar-refractivity contribution in [2.75, 3.05) is 13.3 Å². The number of halogens is 3. The molecule has 2 aliphatic rings. The van der Waals surface area contributed by atoms with E-state index in [0.717, 1.165) is 53.2 Å². The van der Waals surface area contributed by atoms with E-state index in [1.54, 1.807) is 0 Å². The highest BCUT2D eigenvalue weighted by Crippen LogP contribution is 2.53. The third-order valence-corrected chi connectivity index (χ3v) is 5.91. The lowest BCUT2D eigenvalue weighted by molar-refractivity contribution is -0.0366. The number of alkyl halides is 1. The second-order valence-electron chi connectivity index (χ2n) is 6.19. The number of aromatic nitrogens is 2. The van der Waals surface area contributed by atoms with Gasteiger partial charge in [-0.3, -0.25) is 4.39 Å². The van der Waals surface area contributed by atoms with Crippen LogP contribution in [-0.4, -0.2) is 23.1 Å². The predicted molar refractivity (Wildman–Crippen MR) is 88.1 cm³/mol. The van der Waals surface area contributed by atoms with E-state index >= 15 is 0 Å². The Balaban J connectivity index is 1.77. The molecule has 1 saturated carbocycles. The Labute approximate surface area is 141 Å². The van der Waals surface area contributed by atoms with Crippen LogP contribution in [0.2, 0.25) is 5.02 Å². The van der Waals surface area contributed by atoms with Crippen LogP contribution in [0, 0.1) is 5.92 Å². The summed E-state index contributed by atoms with van der Waals surface area (Å²) in [5.74, 6) is 0.341. The molecule has 0 bridgehead atoms. The van der Waals surface area contributed by atoms with Crippen LogP contribution in [0.5, 0.6) is 0 Å². The van der Waals surface area contributed by atoms with Crippen molar-refractivity contribution in [3.8, 4) is 0 Å². The van der Waals surface area contributed by atoms with Gasteiger partial charge in [-0.1, -0.05) is 11.6 Å². The van der Waals surface area contributed by atoms with E-state index in [9.17, 15) is 4.39 Å². The highest BCUT2D eigenvalue weighted by molar-refractivity contribution is 9.10. The van der Waals surface area contributed by atoms with E-state index in [-0.39, 0.29) is 24.7 Å². The van der Waals surface area contributed by atoms with E-state index in [4.69, 9.17) is 16.3 Å². The first-order valence-electron chi connectivity index (χ1n) is 7.73. The van der Waals surface area contributed by atoms with Crippen LogP contribution in [-0.2, 0) is 4.74 Å². The van der Waals surface area contributed by atoms with Crippen LogP contribution in [0.25, 0.3) is 10.9 Å². The summed E-state index contributed by atoms with van der Waals surface area (Å²) in [5, 5.41) is 6.23. The number of hydrogen-bond acceptors (Lipinski definition) is 2. The van der Waals surface area contributed by atoms with Gasteiger partial charge in [-0.25, -0.2) is 4.68 Å². The Morgan fingerprint density at radius 1 is 1.45 bits per heavy atom. The molecule has 1 aliphatic heterocycles. The number of nitrogens with zero attached hydrogens (tertiary/aromatic N) is 2. The maximum absolute atomic E-state index is 12.8. The SMILES string of the molecule is FC[C@H]1C[C@H]1c1c(Cl)cc2c(cnn2[C@H]2CCCCO2)c1Br. The highest BCUT2D eigenvalue weighted by Gasteiger charge is 2.41. The first kappa shape index (κ1) is 14.9. The van der Waals surface area contributed by atoms with E-state index < -0.39 is 0 Å². The summed E-state index contributed by atoms with van der Waals surface area (Å²) in [6.07, 6.45) is 5.94. The van der Waals surface area contributed by atoms with Gasteiger partial charge in [0, 0.05) is 21.5 Å². The van der Waals surface area contributed by atoms with Gasteiger partial charge in [0.2, 0.25) is 0 Å². The van der Waals surface area contributed by atoms with Gasteiger partial charge in [0.15, 0.2) is 6.23 Å². The molecule has 1 saturated heterocycles. The number of ether oxygens (including phenoxy) is 1. The molecule has 3 nitrogen and oxygen atoms in total. The van der Waals surface area contributed by atoms with Crippen molar-refractivity contribution >= 4 is 38.4 Å². The van der Waals surface area contributed by atoms with Gasteiger partial charge in [-0.05, 0) is 65.1 Å². The van der Waals surface area contributed by atoms with Crippen molar-refractivity contribution in [2.45, 2.75) is 37.8 Å². The standard InChI is InChI=1S/C16H17BrClFN2O/c17-16-11-8-20-21(14-3-1-2-4-22-14)13(11)6-12(18)15(16)10-5-9(10)7-19/h6,8-10,14H,1-5,7H2/t9-,10-,14-/m1/s1. The molecule has 0 N–H and O–H groups in total. The quantitative estimate of drug-likeness (QED) is 0.721. The average Bonchev–Trinajstić information content (AvgIpc) is 3.18. The average molecular weight is 388 g/mol. The van der Waals surface area contributed by atoms with Crippen LogP contribution < -0.4 is 0 Å². The number of hydrogen-bond donors (Lipinski definition) is 0. The molecule has 0 radical (unpaired) electrons. The minimum Gasteiger partial charge on any atom is -0.356 e. The normalized spacial score (nSPS) is 28.2. The fourth-order valence-electron chi connectivity index (χ4n) is 3.39. The lowest BCUT2D eigenvalue weighted by Crippen LogP contribution is -2.18. The Bertz CT molecular complexity index is 714. The van der Waals surface area contributed by atoms with Crippen LogP contribution in [0.1, 0.15) is 43.4 Å². The Hall–Kier alpha value is -0.650. The van der Waals surface area contributed by atoms with Crippen LogP contribution >= 0.6 is 27.5 Å². The molecule has 6 heteroatoms. The zero-order valence-corrected chi connectivity index (χ0v) is 14.4. The smallest absolute Gasteiger partial charge is 0.150 e. The number of rotatable bonds is 3. The third-order valence-electron chi connectivity index (χ3n) is 4.75. The first-order valence-corrected chi connectivity index (χ1v) is 8.90. The van der Waals surface area contributed by atoms with Crippen molar-refractivity contribution in [1.29, 1.82) is 0 Å². The molecule has 22 heavy (non-hydrogen) atoms. The summed E-state index contributed by atoms with van der Waals surface area (Å²) in [6, 6.07) is 1.95. The molecule has 0 unspecified atom stereocenters. The summed E-state index contributed by atoms with van der Waals surface area (Å²) >= 11 is 10.2. The van der Waals surface area contributed by atoms with E-state index in [1.807, 2.05) is 16.9 Å². The van der Waals surface area contributed by atoms with E-state index in [0.29, 0.717) is 5.02 Å². The Kier molecular flexibility index (Phi) is 3.91. The molecule has 0 spiro atoms. The molecule has 118 valence electrons. The lowest BCUT2D eigenvalue weighted by atomic mass is 10.1. The summed E-state index contributed by atoms with van der Waals surface area (Å²) in [5.41, 5.74) is 2.01. The van der Waals surface area contributed by atoms with Gasteiger partial charge in [0.1, 0.15) is 0 Å². The van der Waals surface area contributed by atoms with E-state index in [2.05, 4.69) is 21.0 Å². The summed E-state index contributed by atoms with van der Waals surface area (Å²) in [7, 11) is 0. The molecule has 2 heterocycles. The molecule has 0 amide bonds. The fraction of sp³-hybridized carbons (Fsp3) is 0.562. The molecular weight excluding hydrogens is 371 g/mol. The van der Waals surface area contributed by atoms with Crippen molar-refractivity contribution in [2.24, 2.45) is 5.92 Å². The third kappa shape index (κ3) is 2.38. The van der Waals surface area contributed by atoms with Crippen LogP contribution in [0.4, 0.5) is 4.39 Å².